The summed E-state index contributed by atoms with van der Waals surface area (Å²) in [7, 11) is 0. The number of aryl methyl sites for hydroxylation is 2. The minimum absolute atomic E-state index is 0.0972. The molecule has 0 fully saturated rings. The third-order valence-electron chi connectivity index (χ3n) is 6.92. The van der Waals surface area contributed by atoms with E-state index in [9.17, 15) is 10.2 Å². The zero-order chi connectivity index (χ0) is 26.9. The van der Waals surface area contributed by atoms with Gasteiger partial charge < -0.3 is 10.2 Å². The van der Waals surface area contributed by atoms with E-state index in [0.717, 1.165) is 58.9 Å². The number of phenolic OH excluding ortho intramolecular Hbond substituents is 2. The van der Waals surface area contributed by atoms with Crippen molar-refractivity contribution in [3.63, 3.8) is 0 Å². The average molecular weight is 519 g/mol. The maximum atomic E-state index is 11.5. The molecule has 0 bridgehead atoms. The van der Waals surface area contributed by atoms with Gasteiger partial charge in [-0.05, 0) is 60.4 Å². The van der Waals surface area contributed by atoms with Crippen molar-refractivity contribution < 1.29 is 10.2 Å². The molecule has 0 aliphatic heterocycles. The van der Waals surface area contributed by atoms with Crippen molar-refractivity contribution in [3.8, 4) is 22.9 Å². The quantitative estimate of drug-likeness (QED) is 0.254. The molecule has 8 heteroatoms. The number of nitrogens with zero attached hydrogens (tertiary/aromatic N) is 6. The molecule has 8 nitrogen and oxygen atoms in total. The first-order chi connectivity index (χ1) is 19.0. The monoisotopic (exact) mass is 518 g/mol. The van der Waals surface area contributed by atoms with Gasteiger partial charge in [-0.25, -0.2) is 0 Å². The summed E-state index contributed by atoms with van der Waals surface area (Å²) in [4.78, 5) is 3.00. The summed E-state index contributed by atoms with van der Waals surface area (Å²) in [5.41, 5.74) is 7.63. The smallest absolute Gasteiger partial charge is 0.146 e. The second kappa shape index (κ2) is 10.2. The molecule has 0 atom stereocenters. The van der Waals surface area contributed by atoms with E-state index in [0.29, 0.717) is 28.9 Å². The summed E-state index contributed by atoms with van der Waals surface area (Å²) in [6.45, 7) is 4.25. The fraction of sp³-hybridized carbons (Fsp3) is 0.226. The van der Waals surface area contributed by atoms with E-state index in [2.05, 4.69) is 34.2 Å². The lowest BCUT2D eigenvalue weighted by molar-refractivity contribution is 0.455. The molecule has 0 unspecified atom stereocenters. The zero-order valence-corrected chi connectivity index (χ0v) is 22.0. The topological polar surface area (TPSA) is 102 Å². The van der Waals surface area contributed by atoms with Gasteiger partial charge in [0.05, 0.1) is 0 Å². The lowest BCUT2D eigenvalue weighted by Crippen LogP contribution is -2.05. The molecule has 2 N–H and O–H groups in total. The summed E-state index contributed by atoms with van der Waals surface area (Å²) in [5, 5.41) is 41.3. The minimum atomic E-state index is 0.0972. The Hall–Kier alpha value is -4.72. The Morgan fingerprint density at radius 1 is 0.564 bits per heavy atom. The average Bonchev–Trinajstić information content (AvgIpc) is 3.56. The van der Waals surface area contributed by atoms with Crippen LogP contribution in [0.2, 0.25) is 0 Å². The van der Waals surface area contributed by atoms with Crippen LogP contribution in [-0.2, 0) is 19.3 Å². The number of fused-ring (bicyclic) bond motifs is 2. The van der Waals surface area contributed by atoms with Crippen LogP contribution < -0.4 is 0 Å². The highest BCUT2D eigenvalue weighted by atomic mass is 16.3. The van der Waals surface area contributed by atoms with Gasteiger partial charge in [-0.3, -0.25) is 0 Å². The van der Waals surface area contributed by atoms with Gasteiger partial charge >= 0.3 is 0 Å². The summed E-state index contributed by atoms with van der Waals surface area (Å²) < 4.78 is 0. The fourth-order valence-electron chi connectivity index (χ4n) is 5.07. The van der Waals surface area contributed by atoms with Crippen LogP contribution >= 0.6 is 0 Å². The number of hydrogen-bond acceptors (Lipinski definition) is 6. The Balaban J connectivity index is 1.47. The molecule has 2 heterocycles. The lowest BCUT2D eigenvalue weighted by atomic mass is 9.95. The van der Waals surface area contributed by atoms with Crippen molar-refractivity contribution in [2.24, 2.45) is 0 Å². The Labute approximate surface area is 226 Å². The molecule has 0 saturated carbocycles. The van der Waals surface area contributed by atoms with Gasteiger partial charge in [-0.1, -0.05) is 63.1 Å². The van der Waals surface area contributed by atoms with Gasteiger partial charge in [-0.2, -0.15) is 0 Å². The van der Waals surface area contributed by atoms with E-state index in [1.54, 1.807) is 0 Å². The second-order valence-electron chi connectivity index (χ2n) is 9.88. The number of phenols is 2. The van der Waals surface area contributed by atoms with Gasteiger partial charge in [0.25, 0.3) is 0 Å². The SMILES string of the molecule is CCCc1cc(Cc2cc(CCC)cc(-n3nc4ccccc4n3)c2O)c(O)c(-n2nc3ccccc3n2)c1. The summed E-state index contributed by atoms with van der Waals surface area (Å²) in [5.74, 6) is 0.194. The van der Waals surface area contributed by atoms with Gasteiger partial charge in [0.15, 0.2) is 0 Å². The van der Waals surface area contributed by atoms with E-state index < -0.39 is 0 Å². The molecular formula is C31H30N6O2. The summed E-state index contributed by atoms with van der Waals surface area (Å²) in [6.07, 6.45) is 3.93. The standard InChI is InChI=1S/C31H30N6O2/c1-3-9-20-15-22(30(38)28(17-20)36-32-24-11-5-6-12-25(24)33-36)19-23-16-21(10-4-2)18-29(31(23)39)37-34-26-13-7-8-14-27(26)35-37/h5-8,11-18,38-39H,3-4,9-10,19H2,1-2H3. The summed E-state index contributed by atoms with van der Waals surface area (Å²) in [6, 6.07) is 23.2. The molecule has 4 aromatic carbocycles. The molecule has 6 rings (SSSR count). The molecule has 0 aliphatic rings. The molecule has 2 aromatic heterocycles. The van der Waals surface area contributed by atoms with Crippen LogP contribution in [0.4, 0.5) is 0 Å². The van der Waals surface area contributed by atoms with Gasteiger partial charge in [-0.15, -0.1) is 30.0 Å². The maximum absolute atomic E-state index is 11.5. The first-order valence-electron chi connectivity index (χ1n) is 13.4. The molecule has 0 aliphatic carbocycles. The number of hydrogen-bond donors (Lipinski definition) is 2. The van der Waals surface area contributed by atoms with Crippen molar-refractivity contribution >= 4 is 22.1 Å². The highest BCUT2D eigenvalue weighted by molar-refractivity contribution is 5.74. The van der Waals surface area contributed by atoms with Gasteiger partial charge in [0.2, 0.25) is 0 Å². The predicted octanol–water partition coefficient (Wildman–Crippen LogP) is 6.06. The molecule has 39 heavy (non-hydrogen) atoms. The molecule has 0 spiro atoms. The Morgan fingerprint density at radius 2 is 0.923 bits per heavy atom. The lowest BCUT2D eigenvalue weighted by Gasteiger charge is -2.15. The predicted molar refractivity (Wildman–Crippen MR) is 152 cm³/mol. The van der Waals surface area contributed by atoms with Crippen molar-refractivity contribution in [2.75, 3.05) is 0 Å². The Morgan fingerprint density at radius 3 is 1.26 bits per heavy atom. The van der Waals surface area contributed by atoms with E-state index in [1.807, 2.05) is 72.8 Å². The Bertz CT molecular complexity index is 1610. The highest BCUT2D eigenvalue weighted by Crippen LogP contribution is 2.35. The number of aromatic hydroxyl groups is 2. The molecule has 0 radical (unpaired) electrons. The maximum Gasteiger partial charge on any atom is 0.146 e. The third kappa shape index (κ3) is 4.69. The Kier molecular flexibility index (Phi) is 6.44. The van der Waals surface area contributed by atoms with E-state index >= 15 is 0 Å². The van der Waals surface area contributed by atoms with Crippen LogP contribution in [0.1, 0.15) is 48.9 Å². The van der Waals surface area contributed by atoms with Crippen molar-refractivity contribution in [1.29, 1.82) is 0 Å². The fourth-order valence-corrected chi connectivity index (χ4v) is 5.07. The number of aromatic nitrogens is 6. The third-order valence-corrected chi connectivity index (χ3v) is 6.92. The first-order valence-corrected chi connectivity index (χ1v) is 13.4. The molecule has 0 amide bonds. The van der Waals surface area contributed by atoms with E-state index in [-0.39, 0.29) is 11.5 Å². The normalized spacial score (nSPS) is 11.5. The van der Waals surface area contributed by atoms with Crippen LogP contribution in [0, 0.1) is 0 Å². The second-order valence-corrected chi connectivity index (χ2v) is 9.88. The zero-order valence-electron chi connectivity index (χ0n) is 22.0. The van der Waals surface area contributed by atoms with Crippen LogP contribution in [-0.4, -0.2) is 40.2 Å². The van der Waals surface area contributed by atoms with Crippen LogP contribution in [0.15, 0.2) is 72.8 Å². The van der Waals surface area contributed by atoms with Crippen molar-refractivity contribution in [2.45, 2.75) is 46.0 Å². The molecule has 196 valence electrons. The molecular weight excluding hydrogens is 488 g/mol. The van der Waals surface area contributed by atoms with Crippen molar-refractivity contribution in [1.82, 2.24) is 30.0 Å². The molecule has 6 aromatic rings. The van der Waals surface area contributed by atoms with Gasteiger partial charge in [0.1, 0.15) is 44.9 Å². The first kappa shape index (κ1) is 24.6. The molecule has 0 saturated heterocycles. The van der Waals surface area contributed by atoms with Crippen LogP contribution in [0.3, 0.4) is 0 Å². The highest BCUT2D eigenvalue weighted by Gasteiger charge is 2.19. The van der Waals surface area contributed by atoms with Crippen LogP contribution in [0.5, 0.6) is 11.5 Å². The van der Waals surface area contributed by atoms with Crippen LogP contribution in [0.25, 0.3) is 33.4 Å². The van der Waals surface area contributed by atoms with Crippen molar-refractivity contribution in [3.05, 3.63) is 95.1 Å². The summed E-state index contributed by atoms with van der Waals surface area (Å²) >= 11 is 0. The number of benzene rings is 4. The minimum Gasteiger partial charge on any atom is -0.505 e. The van der Waals surface area contributed by atoms with E-state index in [1.165, 1.54) is 9.59 Å². The largest absolute Gasteiger partial charge is 0.505 e. The van der Waals surface area contributed by atoms with Gasteiger partial charge in [0, 0.05) is 17.5 Å². The van der Waals surface area contributed by atoms with E-state index in [4.69, 9.17) is 0 Å². The number of rotatable bonds is 8.